The third kappa shape index (κ3) is 2.23. The van der Waals surface area contributed by atoms with Crippen LogP contribution in [0.2, 0.25) is 0 Å². The van der Waals surface area contributed by atoms with Crippen molar-refractivity contribution in [3.8, 4) is 0 Å². The summed E-state index contributed by atoms with van der Waals surface area (Å²) in [4.78, 5) is 12.2. The summed E-state index contributed by atoms with van der Waals surface area (Å²) in [6.45, 7) is 0. The molecule has 0 amide bonds. The Morgan fingerprint density at radius 1 is 1.19 bits per heavy atom. The first kappa shape index (κ1) is 12.3. The van der Waals surface area contributed by atoms with E-state index in [1.54, 1.807) is 6.26 Å². The zero-order chi connectivity index (χ0) is 14.2. The number of fused-ring (bicyclic) bond motifs is 1. The Morgan fingerprint density at radius 3 is 2.90 bits per heavy atom. The topological polar surface area (TPSA) is 80.2 Å². The van der Waals surface area contributed by atoms with E-state index in [1.165, 1.54) is 11.8 Å². The summed E-state index contributed by atoms with van der Waals surface area (Å²) in [5.41, 5.74) is 8.58. The summed E-state index contributed by atoms with van der Waals surface area (Å²) in [5.74, 6) is 1.57. The molecule has 1 aromatic carbocycles. The molecule has 0 saturated heterocycles. The van der Waals surface area contributed by atoms with Gasteiger partial charge in [0.05, 0.1) is 22.5 Å². The Bertz CT molecular complexity index is 815. The first-order chi connectivity index (χ1) is 10.3. The van der Waals surface area contributed by atoms with Gasteiger partial charge in [0.15, 0.2) is 11.0 Å². The number of nitrogens with zero attached hydrogens (tertiary/aromatic N) is 2. The van der Waals surface area contributed by atoms with Crippen LogP contribution in [0.4, 0.5) is 0 Å². The maximum Gasteiger partial charge on any atom is 0.160 e. The van der Waals surface area contributed by atoms with Crippen LogP contribution in [0.15, 0.2) is 58.1 Å². The van der Waals surface area contributed by atoms with E-state index in [-0.39, 0.29) is 5.25 Å². The zero-order valence-corrected chi connectivity index (χ0v) is 11.8. The molecule has 0 fully saturated rings. The number of thioether (sulfide) groups is 1. The highest BCUT2D eigenvalue weighted by Crippen LogP contribution is 2.37. The number of nitrogens with two attached hydrogens (primary N) is 1. The summed E-state index contributed by atoms with van der Waals surface area (Å²) < 4.78 is 5.46. The fourth-order valence-corrected chi connectivity index (χ4v) is 3.15. The van der Waals surface area contributed by atoms with Crippen molar-refractivity contribution in [2.24, 2.45) is 10.7 Å². The van der Waals surface area contributed by atoms with Crippen molar-refractivity contribution in [3.05, 3.63) is 60.3 Å². The molecule has 6 heteroatoms. The van der Waals surface area contributed by atoms with Crippen molar-refractivity contribution < 1.29 is 4.42 Å². The molecule has 1 aliphatic heterocycles. The number of amidine groups is 1. The Morgan fingerprint density at radius 2 is 2.10 bits per heavy atom. The number of hydrogen-bond donors (Lipinski definition) is 2. The SMILES string of the molecule is NC1=NC(c2nc3ccccc3[nH]2)=CC(c2ccco2)S1. The van der Waals surface area contributed by atoms with Gasteiger partial charge in [-0.2, -0.15) is 0 Å². The quantitative estimate of drug-likeness (QED) is 0.760. The Hall–Kier alpha value is -2.47. The molecule has 3 aromatic rings. The number of aromatic nitrogens is 2. The predicted octanol–water partition coefficient (Wildman–Crippen LogP) is 3.30. The number of H-pyrrole nitrogens is 1. The average Bonchev–Trinajstić information content (AvgIpc) is 3.16. The van der Waals surface area contributed by atoms with Gasteiger partial charge in [-0.25, -0.2) is 9.98 Å². The molecule has 3 heterocycles. The largest absolute Gasteiger partial charge is 0.468 e. The highest BCUT2D eigenvalue weighted by molar-refractivity contribution is 8.14. The van der Waals surface area contributed by atoms with Crippen LogP contribution in [0.1, 0.15) is 16.8 Å². The Kier molecular flexibility index (Phi) is 2.82. The van der Waals surface area contributed by atoms with E-state index in [2.05, 4.69) is 15.0 Å². The van der Waals surface area contributed by atoms with E-state index in [0.29, 0.717) is 5.17 Å². The Labute approximate surface area is 125 Å². The molecule has 104 valence electrons. The van der Waals surface area contributed by atoms with Gasteiger partial charge >= 0.3 is 0 Å². The molecule has 2 aromatic heterocycles. The molecule has 1 unspecified atom stereocenters. The molecule has 0 saturated carbocycles. The number of hydrogen-bond acceptors (Lipinski definition) is 5. The van der Waals surface area contributed by atoms with Crippen molar-refractivity contribution in [2.75, 3.05) is 0 Å². The minimum absolute atomic E-state index is 0.0145. The van der Waals surface area contributed by atoms with E-state index in [9.17, 15) is 0 Å². The van der Waals surface area contributed by atoms with Gasteiger partial charge < -0.3 is 15.1 Å². The van der Waals surface area contributed by atoms with E-state index < -0.39 is 0 Å². The second-order valence-electron chi connectivity index (χ2n) is 4.66. The normalized spacial score (nSPS) is 18.6. The summed E-state index contributed by atoms with van der Waals surface area (Å²) >= 11 is 1.47. The monoisotopic (exact) mass is 296 g/mol. The first-order valence-corrected chi connectivity index (χ1v) is 7.39. The number of nitrogens with one attached hydrogen (secondary N) is 1. The summed E-state index contributed by atoms with van der Waals surface area (Å²) in [6, 6.07) is 11.7. The molecule has 1 atom stereocenters. The molecule has 5 nitrogen and oxygen atoms in total. The second kappa shape index (κ2) is 4.82. The van der Waals surface area contributed by atoms with Crippen molar-refractivity contribution in [2.45, 2.75) is 5.25 Å². The molecule has 0 radical (unpaired) electrons. The number of furan rings is 1. The van der Waals surface area contributed by atoms with Gasteiger partial charge in [-0.15, -0.1) is 0 Å². The smallest absolute Gasteiger partial charge is 0.160 e. The molecule has 0 aliphatic carbocycles. The number of rotatable bonds is 2. The predicted molar refractivity (Wildman–Crippen MR) is 84.7 cm³/mol. The van der Waals surface area contributed by atoms with Crippen LogP contribution in [0.25, 0.3) is 16.7 Å². The van der Waals surface area contributed by atoms with E-state index in [0.717, 1.165) is 28.3 Å². The lowest BCUT2D eigenvalue weighted by Gasteiger charge is -2.15. The van der Waals surface area contributed by atoms with Crippen LogP contribution < -0.4 is 5.73 Å². The molecule has 4 rings (SSSR count). The van der Waals surface area contributed by atoms with Crippen LogP contribution in [0.3, 0.4) is 0 Å². The number of benzene rings is 1. The lowest BCUT2D eigenvalue weighted by atomic mass is 10.2. The lowest BCUT2D eigenvalue weighted by molar-refractivity contribution is 0.520. The van der Waals surface area contributed by atoms with Crippen molar-refractivity contribution in [3.63, 3.8) is 0 Å². The van der Waals surface area contributed by atoms with Gasteiger partial charge in [0.2, 0.25) is 0 Å². The van der Waals surface area contributed by atoms with Crippen LogP contribution in [0.5, 0.6) is 0 Å². The number of aromatic amines is 1. The molecule has 0 spiro atoms. The minimum Gasteiger partial charge on any atom is -0.468 e. The van der Waals surface area contributed by atoms with Crippen LogP contribution in [-0.4, -0.2) is 15.1 Å². The molecule has 3 N–H and O–H groups in total. The van der Waals surface area contributed by atoms with E-state index in [1.807, 2.05) is 42.5 Å². The van der Waals surface area contributed by atoms with Gasteiger partial charge in [0, 0.05) is 0 Å². The van der Waals surface area contributed by atoms with Crippen LogP contribution >= 0.6 is 11.8 Å². The van der Waals surface area contributed by atoms with Gasteiger partial charge in [-0.1, -0.05) is 23.9 Å². The Balaban J connectivity index is 1.78. The average molecular weight is 296 g/mol. The summed E-state index contributed by atoms with van der Waals surface area (Å²) in [7, 11) is 0. The fraction of sp³-hybridized carbons (Fsp3) is 0.0667. The molecule has 1 aliphatic rings. The third-order valence-corrected chi connectivity index (χ3v) is 4.20. The standard InChI is InChI=1S/C15H12N4OS/c16-15-19-11(8-13(21-15)12-6-3-7-20-12)14-17-9-4-1-2-5-10(9)18-14/h1-8,13H,(H2,16,19)(H,17,18). The van der Waals surface area contributed by atoms with Crippen LogP contribution in [-0.2, 0) is 0 Å². The maximum atomic E-state index is 5.94. The van der Waals surface area contributed by atoms with E-state index in [4.69, 9.17) is 10.2 Å². The van der Waals surface area contributed by atoms with Gasteiger partial charge in [-0.05, 0) is 30.3 Å². The van der Waals surface area contributed by atoms with Crippen LogP contribution in [0, 0.1) is 0 Å². The highest BCUT2D eigenvalue weighted by Gasteiger charge is 2.22. The molecule has 21 heavy (non-hydrogen) atoms. The zero-order valence-electron chi connectivity index (χ0n) is 11.0. The molecular formula is C15H12N4OS. The van der Waals surface area contributed by atoms with Crippen molar-refractivity contribution in [1.29, 1.82) is 0 Å². The highest BCUT2D eigenvalue weighted by atomic mass is 32.2. The fourth-order valence-electron chi connectivity index (χ4n) is 2.29. The molecule has 0 bridgehead atoms. The molecular weight excluding hydrogens is 284 g/mol. The minimum atomic E-state index is 0.0145. The number of imidazole rings is 1. The summed E-state index contributed by atoms with van der Waals surface area (Å²) in [6.07, 6.45) is 3.67. The van der Waals surface area contributed by atoms with Gasteiger partial charge in [0.25, 0.3) is 0 Å². The van der Waals surface area contributed by atoms with Crippen molar-refractivity contribution in [1.82, 2.24) is 9.97 Å². The summed E-state index contributed by atoms with van der Waals surface area (Å²) in [5, 5.41) is 0.523. The maximum absolute atomic E-state index is 5.94. The number of para-hydroxylation sites is 2. The van der Waals surface area contributed by atoms with Gasteiger partial charge in [-0.3, -0.25) is 0 Å². The van der Waals surface area contributed by atoms with E-state index >= 15 is 0 Å². The lowest BCUT2D eigenvalue weighted by Crippen LogP contribution is -2.13. The number of aliphatic imine (C=N–C) groups is 1. The van der Waals surface area contributed by atoms with Gasteiger partial charge in [0.1, 0.15) is 11.5 Å². The third-order valence-electron chi connectivity index (χ3n) is 3.24. The second-order valence-corrected chi connectivity index (χ2v) is 5.82. The van der Waals surface area contributed by atoms with Crippen molar-refractivity contribution >= 4 is 33.7 Å². The first-order valence-electron chi connectivity index (χ1n) is 6.51.